The van der Waals surface area contributed by atoms with Crippen LogP contribution in [0.25, 0.3) is 11.5 Å². The lowest BCUT2D eigenvalue weighted by Gasteiger charge is -2.37. The number of aromatic nitrogens is 1. The third-order valence-corrected chi connectivity index (χ3v) is 4.34. The van der Waals surface area contributed by atoms with E-state index in [0.29, 0.717) is 10.9 Å². The standard InChI is InChI=1S/C14H18N4O2S/c1-10-8-17(2)5-6-18(10)14(19)16-13-15-11(9-21-13)12-4-3-7-20-12/h3-4,7,9-10H,5-6,8H2,1-2H3,(H,15,16,19)/t10-/m0/s1. The Morgan fingerprint density at radius 1 is 1.52 bits per heavy atom. The number of hydrogen-bond acceptors (Lipinski definition) is 5. The van der Waals surface area contributed by atoms with Crippen molar-refractivity contribution in [3.8, 4) is 11.5 Å². The van der Waals surface area contributed by atoms with Crippen LogP contribution in [0.3, 0.4) is 0 Å². The van der Waals surface area contributed by atoms with Crippen molar-refractivity contribution in [2.75, 3.05) is 32.0 Å². The van der Waals surface area contributed by atoms with Gasteiger partial charge in [0.1, 0.15) is 5.69 Å². The number of furan rings is 1. The highest BCUT2D eigenvalue weighted by Gasteiger charge is 2.26. The highest BCUT2D eigenvalue weighted by molar-refractivity contribution is 7.14. The van der Waals surface area contributed by atoms with Crippen LogP contribution in [0.2, 0.25) is 0 Å². The Balaban J connectivity index is 1.65. The first-order valence-corrected chi connectivity index (χ1v) is 7.77. The maximum atomic E-state index is 12.3. The lowest BCUT2D eigenvalue weighted by Crippen LogP contribution is -2.53. The molecule has 0 radical (unpaired) electrons. The van der Waals surface area contributed by atoms with Gasteiger partial charge in [-0.3, -0.25) is 5.32 Å². The number of amides is 2. The Hall–Kier alpha value is -1.86. The molecule has 0 unspecified atom stereocenters. The van der Waals surface area contributed by atoms with Crippen molar-refractivity contribution < 1.29 is 9.21 Å². The smallest absolute Gasteiger partial charge is 0.323 e. The molecule has 2 aromatic rings. The van der Waals surface area contributed by atoms with Gasteiger partial charge in [-0.2, -0.15) is 0 Å². The van der Waals surface area contributed by atoms with E-state index < -0.39 is 0 Å². The molecule has 0 saturated carbocycles. The van der Waals surface area contributed by atoms with E-state index in [1.807, 2.05) is 22.4 Å². The Bertz CT molecular complexity index is 610. The van der Waals surface area contributed by atoms with E-state index in [1.165, 1.54) is 11.3 Å². The minimum absolute atomic E-state index is 0.0871. The Kier molecular flexibility index (Phi) is 3.94. The van der Waals surface area contributed by atoms with E-state index in [9.17, 15) is 4.79 Å². The summed E-state index contributed by atoms with van der Waals surface area (Å²) in [6.07, 6.45) is 1.61. The van der Waals surface area contributed by atoms with Crippen molar-refractivity contribution >= 4 is 22.5 Å². The van der Waals surface area contributed by atoms with Crippen molar-refractivity contribution in [3.05, 3.63) is 23.8 Å². The van der Waals surface area contributed by atoms with Crippen LogP contribution in [0.1, 0.15) is 6.92 Å². The number of urea groups is 1. The second kappa shape index (κ2) is 5.87. The molecule has 1 N–H and O–H groups in total. The molecule has 1 saturated heterocycles. The highest BCUT2D eigenvalue weighted by Crippen LogP contribution is 2.25. The van der Waals surface area contributed by atoms with E-state index in [1.54, 1.807) is 6.26 Å². The number of rotatable bonds is 2. The van der Waals surface area contributed by atoms with Crippen LogP contribution in [-0.4, -0.2) is 53.5 Å². The van der Waals surface area contributed by atoms with Crippen molar-refractivity contribution in [2.45, 2.75) is 13.0 Å². The Morgan fingerprint density at radius 2 is 2.38 bits per heavy atom. The first-order valence-electron chi connectivity index (χ1n) is 6.89. The van der Waals surface area contributed by atoms with Gasteiger partial charge in [0.25, 0.3) is 0 Å². The van der Waals surface area contributed by atoms with Gasteiger partial charge < -0.3 is 14.2 Å². The number of hydrogen-bond donors (Lipinski definition) is 1. The van der Waals surface area contributed by atoms with Crippen molar-refractivity contribution in [3.63, 3.8) is 0 Å². The van der Waals surface area contributed by atoms with E-state index in [4.69, 9.17) is 4.42 Å². The third kappa shape index (κ3) is 3.08. The van der Waals surface area contributed by atoms with E-state index in [2.05, 4.69) is 29.2 Å². The molecule has 6 nitrogen and oxygen atoms in total. The number of carbonyl (C=O) groups is 1. The molecule has 1 atom stereocenters. The second-order valence-electron chi connectivity index (χ2n) is 5.25. The van der Waals surface area contributed by atoms with Gasteiger partial charge in [0.05, 0.1) is 6.26 Å². The average molecular weight is 306 g/mol. The maximum Gasteiger partial charge on any atom is 0.323 e. The summed E-state index contributed by atoms with van der Waals surface area (Å²) in [4.78, 5) is 20.8. The fourth-order valence-electron chi connectivity index (χ4n) is 2.47. The highest BCUT2D eigenvalue weighted by atomic mass is 32.1. The van der Waals surface area contributed by atoms with E-state index in [-0.39, 0.29) is 12.1 Å². The van der Waals surface area contributed by atoms with Crippen LogP contribution < -0.4 is 5.32 Å². The number of thiazole rings is 1. The Labute approximate surface area is 127 Å². The van der Waals surface area contributed by atoms with Gasteiger partial charge in [-0.05, 0) is 26.1 Å². The minimum atomic E-state index is -0.0871. The zero-order valence-electron chi connectivity index (χ0n) is 12.1. The van der Waals surface area contributed by atoms with Gasteiger partial charge in [0.2, 0.25) is 0 Å². The summed E-state index contributed by atoms with van der Waals surface area (Å²) in [5, 5.41) is 5.35. The third-order valence-electron chi connectivity index (χ3n) is 3.58. The van der Waals surface area contributed by atoms with Crippen LogP contribution in [0.4, 0.5) is 9.93 Å². The van der Waals surface area contributed by atoms with Crippen molar-refractivity contribution in [1.29, 1.82) is 0 Å². The summed E-state index contributed by atoms with van der Waals surface area (Å²) in [6, 6.07) is 3.78. The molecular weight excluding hydrogens is 288 g/mol. The Morgan fingerprint density at radius 3 is 3.10 bits per heavy atom. The molecule has 3 rings (SSSR count). The van der Waals surface area contributed by atoms with Gasteiger partial charge in [0.15, 0.2) is 10.9 Å². The first-order chi connectivity index (χ1) is 10.1. The molecule has 2 aromatic heterocycles. The van der Waals surface area contributed by atoms with Crippen LogP contribution in [0.5, 0.6) is 0 Å². The summed E-state index contributed by atoms with van der Waals surface area (Å²) in [5.41, 5.74) is 0.742. The zero-order valence-corrected chi connectivity index (χ0v) is 12.9. The summed E-state index contributed by atoms with van der Waals surface area (Å²) < 4.78 is 5.30. The summed E-state index contributed by atoms with van der Waals surface area (Å²) in [6.45, 7) is 4.58. The fraction of sp³-hybridized carbons (Fsp3) is 0.429. The molecule has 2 amide bonds. The van der Waals surface area contributed by atoms with Gasteiger partial charge in [-0.25, -0.2) is 9.78 Å². The van der Waals surface area contributed by atoms with E-state index in [0.717, 1.165) is 25.3 Å². The number of piperazine rings is 1. The van der Waals surface area contributed by atoms with E-state index >= 15 is 0 Å². The lowest BCUT2D eigenvalue weighted by molar-refractivity contribution is 0.125. The molecule has 3 heterocycles. The van der Waals surface area contributed by atoms with Gasteiger partial charge in [-0.1, -0.05) is 0 Å². The molecule has 1 aliphatic rings. The minimum Gasteiger partial charge on any atom is -0.463 e. The molecule has 0 aliphatic carbocycles. The van der Waals surface area contributed by atoms with Crippen molar-refractivity contribution in [1.82, 2.24) is 14.8 Å². The van der Waals surface area contributed by atoms with Crippen LogP contribution in [-0.2, 0) is 0 Å². The number of nitrogens with zero attached hydrogens (tertiary/aromatic N) is 3. The predicted molar refractivity (Wildman–Crippen MR) is 82.5 cm³/mol. The molecular formula is C14H18N4O2S. The topological polar surface area (TPSA) is 61.6 Å². The SMILES string of the molecule is C[C@H]1CN(C)CCN1C(=O)Nc1nc(-c2ccco2)cs1. The number of nitrogens with one attached hydrogen (secondary N) is 1. The number of likely N-dealkylation sites (N-methyl/N-ethyl adjacent to an activating group) is 1. The normalized spacial score (nSPS) is 19.7. The van der Waals surface area contributed by atoms with Crippen molar-refractivity contribution in [2.24, 2.45) is 0 Å². The average Bonchev–Trinajstić information content (AvgIpc) is 3.08. The molecule has 0 bridgehead atoms. The van der Waals surface area contributed by atoms with Crippen LogP contribution >= 0.6 is 11.3 Å². The predicted octanol–water partition coefficient (Wildman–Crippen LogP) is 2.57. The number of carbonyl (C=O) groups excluding carboxylic acids is 1. The molecule has 112 valence electrons. The molecule has 7 heteroatoms. The molecule has 1 aliphatic heterocycles. The second-order valence-corrected chi connectivity index (χ2v) is 6.11. The molecule has 0 spiro atoms. The quantitative estimate of drug-likeness (QED) is 0.926. The summed E-state index contributed by atoms with van der Waals surface area (Å²) >= 11 is 1.40. The summed E-state index contributed by atoms with van der Waals surface area (Å²) in [7, 11) is 2.07. The van der Waals surface area contributed by atoms with Gasteiger partial charge in [0, 0.05) is 31.1 Å². The van der Waals surface area contributed by atoms with Crippen LogP contribution in [0.15, 0.2) is 28.2 Å². The van der Waals surface area contributed by atoms with Gasteiger partial charge in [-0.15, -0.1) is 11.3 Å². The lowest BCUT2D eigenvalue weighted by atomic mass is 10.2. The van der Waals surface area contributed by atoms with Crippen LogP contribution in [0, 0.1) is 0 Å². The monoisotopic (exact) mass is 306 g/mol. The molecule has 1 fully saturated rings. The molecule has 21 heavy (non-hydrogen) atoms. The molecule has 0 aromatic carbocycles. The number of anilines is 1. The summed E-state index contributed by atoms with van der Waals surface area (Å²) in [5.74, 6) is 0.708. The largest absolute Gasteiger partial charge is 0.463 e. The first kappa shape index (κ1) is 14.1. The maximum absolute atomic E-state index is 12.3. The fourth-order valence-corrected chi connectivity index (χ4v) is 3.16. The van der Waals surface area contributed by atoms with Gasteiger partial charge >= 0.3 is 6.03 Å². The zero-order chi connectivity index (χ0) is 14.8.